The fourth-order valence-electron chi connectivity index (χ4n) is 2.78. The van der Waals surface area contributed by atoms with Crippen molar-refractivity contribution in [1.29, 1.82) is 0 Å². The second kappa shape index (κ2) is 5.21. The highest BCUT2D eigenvalue weighted by Gasteiger charge is 2.07. The monoisotopic (exact) mass is 277 g/mol. The minimum atomic E-state index is 0.840. The smallest absolute Gasteiger partial charge is 0.121 e. The van der Waals surface area contributed by atoms with Gasteiger partial charge in [0.05, 0.1) is 18.3 Å². The van der Waals surface area contributed by atoms with Crippen molar-refractivity contribution in [3.05, 3.63) is 59.2 Å². The van der Waals surface area contributed by atoms with Crippen molar-refractivity contribution < 1.29 is 4.74 Å². The molecule has 2 heteroatoms. The maximum Gasteiger partial charge on any atom is 0.121 e. The molecule has 0 spiro atoms. The number of aryl methyl sites for hydroxylation is 3. The standard InChI is InChI=1S/C19H19NO/c1-12-7-13(2)9-15(8-12)18-10-14(3)17-6-5-16(21-4)11-19(17)20-18/h5-11H,1-4H3. The van der Waals surface area contributed by atoms with Crippen LogP contribution in [0.5, 0.6) is 5.75 Å². The summed E-state index contributed by atoms with van der Waals surface area (Å²) >= 11 is 0. The van der Waals surface area contributed by atoms with Crippen molar-refractivity contribution in [1.82, 2.24) is 4.98 Å². The fourth-order valence-corrected chi connectivity index (χ4v) is 2.78. The largest absolute Gasteiger partial charge is 0.497 e. The van der Waals surface area contributed by atoms with Gasteiger partial charge in [0, 0.05) is 17.0 Å². The molecule has 3 rings (SSSR count). The number of methoxy groups -OCH3 is 1. The highest BCUT2D eigenvalue weighted by Crippen LogP contribution is 2.28. The van der Waals surface area contributed by atoms with Gasteiger partial charge in [0.1, 0.15) is 5.75 Å². The molecule has 0 amide bonds. The van der Waals surface area contributed by atoms with E-state index in [-0.39, 0.29) is 0 Å². The molecule has 0 aliphatic heterocycles. The molecule has 0 N–H and O–H groups in total. The van der Waals surface area contributed by atoms with E-state index in [0.29, 0.717) is 0 Å². The van der Waals surface area contributed by atoms with Crippen LogP contribution in [0.25, 0.3) is 22.2 Å². The van der Waals surface area contributed by atoms with E-state index in [1.165, 1.54) is 27.6 Å². The molecule has 3 aromatic rings. The summed E-state index contributed by atoms with van der Waals surface area (Å²) in [4.78, 5) is 4.82. The molecule has 0 unspecified atom stereocenters. The number of hydrogen-bond acceptors (Lipinski definition) is 2. The summed E-state index contributed by atoms with van der Waals surface area (Å²) in [6.45, 7) is 6.36. The summed E-state index contributed by atoms with van der Waals surface area (Å²) in [6.07, 6.45) is 0. The first-order chi connectivity index (χ1) is 10.1. The average molecular weight is 277 g/mol. The summed E-state index contributed by atoms with van der Waals surface area (Å²) in [6, 6.07) is 14.7. The zero-order valence-corrected chi connectivity index (χ0v) is 12.9. The Hall–Kier alpha value is -2.35. The van der Waals surface area contributed by atoms with Crippen LogP contribution in [0.1, 0.15) is 16.7 Å². The summed E-state index contributed by atoms with van der Waals surface area (Å²) in [5.41, 5.74) is 6.91. The molecular formula is C19H19NO. The fraction of sp³-hybridized carbons (Fsp3) is 0.211. The predicted molar refractivity (Wildman–Crippen MR) is 87.9 cm³/mol. The van der Waals surface area contributed by atoms with Crippen LogP contribution in [0.2, 0.25) is 0 Å². The van der Waals surface area contributed by atoms with Crippen molar-refractivity contribution in [3.8, 4) is 17.0 Å². The zero-order valence-electron chi connectivity index (χ0n) is 12.9. The van der Waals surface area contributed by atoms with E-state index in [1.807, 2.05) is 12.1 Å². The van der Waals surface area contributed by atoms with Crippen LogP contribution < -0.4 is 4.74 Å². The summed E-state index contributed by atoms with van der Waals surface area (Å²) in [5, 5.41) is 1.17. The van der Waals surface area contributed by atoms with Crippen LogP contribution in [0.3, 0.4) is 0 Å². The molecule has 0 fully saturated rings. The third-order valence-corrected chi connectivity index (χ3v) is 3.74. The van der Waals surface area contributed by atoms with Gasteiger partial charge in [-0.3, -0.25) is 0 Å². The van der Waals surface area contributed by atoms with Gasteiger partial charge < -0.3 is 4.74 Å². The van der Waals surface area contributed by atoms with Crippen molar-refractivity contribution in [2.75, 3.05) is 7.11 Å². The second-order valence-corrected chi connectivity index (χ2v) is 5.58. The van der Waals surface area contributed by atoms with Crippen LogP contribution in [0.15, 0.2) is 42.5 Å². The number of ether oxygens (including phenoxy) is 1. The van der Waals surface area contributed by atoms with Gasteiger partial charge in [0.2, 0.25) is 0 Å². The Balaban J connectivity index is 2.23. The summed E-state index contributed by atoms with van der Waals surface area (Å²) in [5.74, 6) is 0.840. The third kappa shape index (κ3) is 2.62. The summed E-state index contributed by atoms with van der Waals surface area (Å²) < 4.78 is 5.31. The first-order valence-electron chi connectivity index (χ1n) is 7.11. The van der Waals surface area contributed by atoms with E-state index >= 15 is 0 Å². The molecule has 2 nitrogen and oxygen atoms in total. The number of fused-ring (bicyclic) bond motifs is 1. The molecule has 0 atom stereocenters. The molecule has 106 valence electrons. The lowest BCUT2D eigenvalue weighted by Crippen LogP contribution is -1.91. The maximum absolute atomic E-state index is 5.31. The minimum Gasteiger partial charge on any atom is -0.497 e. The van der Waals surface area contributed by atoms with Gasteiger partial charge in [-0.05, 0) is 56.7 Å². The molecule has 0 aliphatic rings. The van der Waals surface area contributed by atoms with Crippen molar-refractivity contribution in [2.24, 2.45) is 0 Å². The molecule has 0 bridgehead atoms. The highest BCUT2D eigenvalue weighted by molar-refractivity contribution is 5.86. The Morgan fingerprint density at radius 3 is 2.24 bits per heavy atom. The molecule has 0 aliphatic carbocycles. The molecule has 2 aromatic carbocycles. The average Bonchev–Trinajstić information content (AvgIpc) is 2.45. The molecule has 1 heterocycles. The number of aromatic nitrogens is 1. The quantitative estimate of drug-likeness (QED) is 0.669. The normalized spacial score (nSPS) is 10.9. The SMILES string of the molecule is COc1ccc2c(C)cc(-c3cc(C)cc(C)c3)nc2c1. The summed E-state index contributed by atoms with van der Waals surface area (Å²) in [7, 11) is 1.68. The lowest BCUT2D eigenvalue weighted by atomic mass is 10.0. The van der Waals surface area contributed by atoms with Crippen LogP contribution >= 0.6 is 0 Å². The van der Waals surface area contributed by atoms with Gasteiger partial charge in [-0.15, -0.1) is 0 Å². The highest BCUT2D eigenvalue weighted by atomic mass is 16.5. The first kappa shape index (κ1) is 13.6. The lowest BCUT2D eigenvalue weighted by Gasteiger charge is -2.09. The van der Waals surface area contributed by atoms with Gasteiger partial charge in [0.15, 0.2) is 0 Å². The molecule has 21 heavy (non-hydrogen) atoms. The Morgan fingerprint density at radius 2 is 1.57 bits per heavy atom. The van der Waals surface area contributed by atoms with Crippen LogP contribution in [-0.4, -0.2) is 12.1 Å². The van der Waals surface area contributed by atoms with Crippen molar-refractivity contribution in [3.63, 3.8) is 0 Å². The van der Waals surface area contributed by atoms with E-state index in [2.05, 4.69) is 51.1 Å². The van der Waals surface area contributed by atoms with Gasteiger partial charge >= 0.3 is 0 Å². The molecule has 0 saturated heterocycles. The van der Waals surface area contributed by atoms with Crippen LogP contribution in [-0.2, 0) is 0 Å². The van der Waals surface area contributed by atoms with Gasteiger partial charge in [-0.2, -0.15) is 0 Å². The number of nitrogens with zero attached hydrogens (tertiary/aromatic N) is 1. The Labute approximate surface area is 125 Å². The van der Waals surface area contributed by atoms with Gasteiger partial charge in [-0.25, -0.2) is 4.98 Å². The molecule has 0 radical (unpaired) electrons. The second-order valence-electron chi connectivity index (χ2n) is 5.58. The van der Waals surface area contributed by atoms with E-state index in [1.54, 1.807) is 7.11 Å². The van der Waals surface area contributed by atoms with Crippen LogP contribution in [0.4, 0.5) is 0 Å². The minimum absolute atomic E-state index is 0.840. The first-order valence-corrected chi connectivity index (χ1v) is 7.11. The van der Waals surface area contributed by atoms with Crippen LogP contribution in [0, 0.1) is 20.8 Å². The van der Waals surface area contributed by atoms with E-state index < -0.39 is 0 Å². The van der Waals surface area contributed by atoms with Gasteiger partial charge in [-0.1, -0.05) is 17.2 Å². The Kier molecular flexibility index (Phi) is 3.38. The molecule has 0 saturated carbocycles. The number of rotatable bonds is 2. The van der Waals surface area contributed by atoms with E-state index in [9.17, 15) is 0 Å². The zero-order chi connectivity index (χ0) is 15.0. The number of hydrogen-bond donors (Lipinski definition) is 0. The van der Waals surface area contributed by atoms with E-state index in [4.69, 9.17) is 9.72 Å². The van der Waals surface area contributed by atoms with Gasteiger partial charge in [0.25, 0.3) is 0 Å². The van der Waals surface area contributed by atoms with E-state index in [0.717, 1.165) is 17.0 Å². The molecular weight excluding hydrogens is 258 g/mol. The maximum atomic E-state index is 5.31. The molecule has 1 aromatic heterocycles. The predicted octanol–water partition coefficient (Wildman–Crippen LogP) is 4.84. The number of benzene rings is 2. The third-order valence-electron chi connectivity index (χ3n) is 3.74. The topological polar surface area (TPSA) is 22.1 Å². The Morgan fingerprint density at radius 1 is 0.857 bits per heavy atom. The van der Waals surface area contributed by atoms with Crippen molar-refractivity contribution in [2.45, 2.75) is 20.8 Å². The lowest BCUT2D eigenvalue weighted by molar-refractivity contribution is 0.415. The number of pyridine rings is 1. The van der Waals surface area contributed by atoms with Crippen molar-refractivity contribution >= 4 is 10.9 Å². The Bertz CT molecular complexity index is 801.